The SMILES string of the molecule is CC(C)Cc1ccnc(-c2[c-]cc(-c3ccccc3)c3c2oc2ccccc23)c1.C[Si](C)(C)c1ccc(-c2[c-]cccc2)nc1.[Ir]. The summed E-state index contributed by atoms with van der Waals surface area (Å²) in [7, 11) is -1.23. The van der Waals surface area contributed by atoms with Gasteiger partial charge in [0, 0.05) is 37.9 Å². The molecule has 0 aliphatic carbocycles. The summed E-state index contributed by atoms with van der Waals surface area (Å²) < 4.78 is 6.35. The maximum atomic E-state index is 6.35. The molecule has 3 heterocycles. The fourth-order valence-corrected chi connectivity index (χ4v) is 6.60. The van der Waals surface area contributed by atoms with Gasteiger partial charge in [0.05, 0.1) is 13.7 Å². The Kier molecular flexibility index (Phi) is 10.5. The molecule has 0 saturated carbocycles. The first-order valence-corrected chi connectivity index (χ1v) is 19.1. The van der Waals surface area contributed by atoms with Gasteiger partial charge < -0.3 is 14.4 Å². The van der Waals surface area contributed by atoms with E-state index >= 15 is 0 Å². The molecule has 0 saturated heterocycles. The zero-order valence-electron chi connectivity index (χ0n) is 27.0. The Balaban J connectivity index is 0.000000209. The van der Waals surface area contributed by atoms with E-state index in [2.05, 4.69) is 122 Å². The van der Waals surface area contributed by atoms with Crippen molar-refractivity contribution in [1.82, 2.24) is 9.97 Å². The standard InChI is InChI=1S/C27H22NO.C14H16NSi.Ir/c1-18(2)16-19-14-15-28-24(17-19)22-13-12-21(20-8-4-3-5-9-20)26-23-10-6-7-11-25(23)29-27(22)26;1-16(2,3)13-9-10-14(15-11-13)12-7-5-4-6-8-12;/h3-12,14-15,17-18H,16H2,1-2H3;4-7,9-11H,1-3H3;/q2*-1;. The van der Waals surface area contributed by atoms with E-state index in [9.17, 15) is 0 Å². The second kappa shape index (κ2) is 14.5. The third kappa shape index (κ3) is 7.45. The van der Waals surface area contributed by atoms with E-state index in [4.69, 9.17) is 4.42 Å². The van der Waals surface area contributed by atoms with Gasteiger partial charge in [0.25, 0.3) is 0 Å². The minimum atomic E-state index is -1.23. The van der Waals surface area contributed by atoms with Crippen LogP contribution in [0.5, 0.6) is 0 Å². The molecular formula is C41H38IrN2OSi-2. The molecule has 4 aromatic carbocycles. The third-order valence-corrected chi connectivity index (χ3v) is 9.90. The van der Waals surface area contributed by atoms with Gasteiger partial charge in [0.2, 0.25) is 0 Å². The average molecular weight is 795 g/mol. The van der Waals surface area contributed by atoms with E-state index in [1.54, 1.807) is 0 Å². The molecule has 0 bridgehead atoms. The van der Waals surface area contributed by atoms with Crippen molar-refractivity contribution in [2.75, 3.05) is 0 Å². The number of pyridine rings is 2. The number of para-hydroxylation sites is 1. The van der Waals surface area contributed by atoms with Crippen LogP contribution >= 0.6 is 0 Å². The number of nitrogens with zero attached hydrogens (tertiary/aromatic N) is 2. The zero-order valence-corrected chi connectivity index (χ0v) is 30.4. The fourth-order valence-electron chi connectivity index (χ4n) is 5.57. The first kappa shape index (κ1) is 33.2. The number of fused-ring (bicyclic) bond motifs is 3. The minimum Gasteiger partial charge on any atom is -0.501 e. The summed E-state index contributed by atoms with van der Waals surface area (Å²) in [6, 6.07) is 43.9. The van der Waals surface area contributed by atoms with Crippen LogP contribution in [0.1, 0.15) is 19.4 Å². The van der Waals surface area contributed by atoms with Crippen molar-refractivity contribution in [3.05, 3.63) is 139 Å². The Morgan fingerprint density at radius 1 is 0.783 bits per heavy atom. The predicted octanol–water partition coefficient (Wildman–Crippen LogP) is 10.4. The van der Waals surface area contributed by atoms with E-state index in [0.717, 1.165) is 62.0 Å². The molecule has 0 fully saturated rings. The van der Waals surface area contributed by atoms with E-state index in [1.165, 1.54) is 10.8 Å². The molecule has 233 valence electrons. The molecule has 7 aromatic rings. The number of benzene rings is 4. The maximum absolute atomic E-state index is 6.35. The van der Waals surface area contributed by atoms with Crippen LogP contribution in [0.15, 0.2) is 126 Å². The molecule has 0 N–H and O–H groups in total. The number of hydrogen-bond donors (Lipinski definition) is 0. The minimum absolute atomic E-state index is 0. The number of furan rings is 1. The first-order valence-electron chi connectivity index (χ1n) is 15.6. The molecule has 0 atom stereocenters. The molecule has 5 heteroatoms. The Hall–Kier alpha value is -4.15. The van der Waals surface area contributed by atoms with Gasteiger partial charge in [-0.3, -0.25) is 0 Å². The van der Waals surface area contributed by atoms with E-state index in [-0.39, 0.29) is 20.1 Å². The summed E-state index contributed by atoms with van der Waals surface area (Å²) in [6.45, 7) is 11.5. The van der Waals surface area contributed by atoms with E-state index < -0.39 is 8.07 Å². The smallest absolute Gasteiger partial charge is 0.120 e. The van der Waals surface area contributed by atoms with Gasteiger partial charge in [-0.2, -0.15) is 0 Å². The topological polar surface area (TPSA) is 38.9 Å². The molecule has 7 rings (SSSR count). The molecular weight excluding hydrogens is 757 g/mol. The van der Waals surface area contributed by atoms with Crippen molar-refractivity contribution < 1.29 is 24.5 Å². The number of hydrogen-bond acceptors (Lipinski definition) is 3. The number of aromatic nitrogens is 2. The second-order valence-electron chi connectivity index (χ2n) is 12.9. The molecule has 0 aliphatic heterocycles. The van der Waals surface area contributed by atoms with E-state index in [0.29, 0.717) is 5.92 Å². The van der Waals surface area contributed by atoms with Gasteiger partial charge in [-0.05, 0) is 46.4 Å². The van der Waals surface area contributed by atoms with Crippen LogP contribution in [-0.4, -0.2) is 18.0 Å². The van der Waals surface area contributed by atoms with Crippen molar-refractivity contribution in [2.45, 2.75) is 39.9 Å². The molecule has 46 heavy (non-hydrogen) atoms. The fraction of sp³-hybridized carbons (Fsp3) is 0.171. The Labute approximate surface area is 287 Å². The van der Waals surface area contributed by atoms with Gasteiger partial charge in [0.15, 0.2) is 0 Å². The summed E-state index contributed by atoms with van der Waals surface area (Å²) in [6.07, 6.45) is 4.93. The van der Waals surface area contributed by atoms with Crippen molar-refractivity contribution >= 4 is 35.2 Å². The molecule has 3 nitrogen and oxygen atoms in total. The van der Waals surface area contributed by atoms with E-state index in [1.807, 2.05) is 54.9 Å². The van der Waals surface area contributed by atoms with Gasteiger partial charge >= 0.3 is 0 Å². The molecule has 1 radical (unpaired) electrons. The summed E-state index contributed by atoms with van der Waals surface area (Å²) in [4.78, 5) is 9.17. The summed E-state index contributed by atoms with van der Waals surface area (Å²) in [5, 5.41) is 3.64. The van der Waals surface area contributed by atoms with Gasteiger partial charge in [-0.1, -0.05) is 122 Å². The monoisotopic (exact) mass is 795 g/mol. The van der Waals surface area contributed by atoms with Crippen LogP contribution in [0.25, 0.3) is 55.6 Å². The Morgan fingerprint density at radius 2 is 1.54 bits per heavy atom. The normalized spacial score (nSPS) is 11.3. The Bertz CT molecular complexity index is 2030. The van der Waals surface area contributed by atoms with Crippen LogP contribution < -0.4 is 5.19 Å². The molecule has 0 aliphatic rings. The largest absolute Gasteiger partial charge is 0.501 e. The van der Waals surface area contributed by atoms with Crippen molar-refractivity contribution in [1.29, 1.82) is 0 Å². The molecule has 3 aromatic heterocycles. The van der Waals surface area contributed by atoms with Gasteiger partial charge in [-0.25, -0.2) is 0 Å². The number of rotatable bonds is 6. The molecule has 0 spiro atoms. The first-order chi connectivity index (χ1) is 21.8. The van der Waals surface area contributed by atoms with Crippen molar-refractivity contribution in [3.63, 3.8) is 0 Å². The maximum Gasteiger partial charge on any atom is 0.120 e. The van der Waals surface area contributed by atoms with Gasteiger partial charge in [0.1, 0.15) is 5.58 Å². The van der Waals surface area contributed by atoms with Crippen LogP contribution in [0.3, 0.4) is 0 Å². The third-order valence-electron chi connectivity index (χ3n) is 7.88. The summed E-state index contributed by atoms with van der Waals surface area (Å²) in [5.74, 6) is 0.598. The average Bonchev–Trinajstić information content (AvgIpc) is 3.45. The molecule has 0 unspecified atom stereocenters. The van der Waals surface area contributed by atoms with Crippen LogP contribution in [-0.2, 0) is 26.5 Å². The quantitative estimate of drug-likeness (QED) is 0.124. The van der Waals surface area contributed by atoms with Crippen molar-refractivity contribution in [2.24, 2.45) is 5.92 Å². The summed E-state index contributed by atoms with van der Waals surface area (Å²) >= 11 is 0. The molecule has 0 amide bonds. The Morgan fingerprint density at radius 3 is 2.24 bits per heavy atom. The summed E-state index contributed by atoms with van der Waals surface area (Å²) in [5.41, 5.74) is 9.21. The second-order valence-corrected chi connectivity index (χ2v) is 17.9. The zero-order chi connectivity index (χ0) is 31.4. The van der Waals surface area contributed by atoms with Gasteiger partial charge in [-0.15, -0.1) is 48.0 Å². The van der Waals surface area contributed by atoms with Crippen LogP contribution in [0.4, 0.5) is 0 Å². The van der Waals surface area contributed by atoms with Crippen molar-refractivity contribution in [3.8, 4) is 33.6 Å². The van der Waals surface area contributed by atoms with Crippen LogP contribution in [0.2, 0.25) is 19.6 Å². The predicted molar refractivity (Wildman–Crippen MR) is 191 cm³/mol. The van der Waals surface area contributed by atoms with Crippen LogP contribution in [0, 0.1) is 18.1 Å².